The van der Waals surface area contributed by atoms with Gasteiger partial charge in [-0.15, -0.1) is 0 Å². The number of ether oxygens (including phenoxy) is 3. The predicted octanol–water partition coefficient (Wildman–Crippen LogP) is 9.80. The Morgan fingerprint density at radius 1 is 0.889 bits per heavy atom. The van der Waals surface area contributed by atoms with Crippen molar-refractivity contribution in [2.75, 3.05) is 13.7 Å². The second kappa shape index (κ2) is 16.1. The van der Waals surface area contributed by atoms with E-state index in [0.29, 0.717) is 25.6 Å². The second-order valence-electron chi connectivity index (χ2n) is 16.7. The van der Waals surface area contributed by atoms with Gasteiger partial charge in [0.2, 0.25) is 0 Å². The van der Waals surface area contributed by atoms with Crippen LogP contribution in [0.1, 0.15) is 87.6 Å². The third-order valence-electron chi connectivity index (χ3n) is 10.5. The quantitative estimate of drug-likeness (QED) is 0.126. The van der Waals surface area contributed by atoms with Crippen molar-refractivity contribution in [3.8, 4) is 5.75 Å². The van der Waals surface area contributed by atoms with E-state index in [-0.39, 0.29) is 46.2 Å². The highest BCUT2D eigenvalue weighted by Gasteiger charge is 2.45. The maximum atomic E-state index is 13.9. The summed E-state index contributed by atoms with van der Waals surface area (Å²) in [6, 6.07) is 7.98. The third kappa shape index (κ3) is 11.6. The first-order chi connectivity index (χ1) is 20.6. The molecule has 45 heavy (non-hydrogen) atoms. The Labute approximate surface area is 278 Å². The van der Waals surface area contributed by atoms with E-state index in [4.69, 9.17) is 23.1 Å². The molecule has 0 aromatic heterocycles. The summed E-state index contributed by atoms with van der Waals surface area (Å²) in [5.41, 5.74) is 1.12. The number of carbonyl (C=O) groups is 1. The summed E-state index contributed by atoms with van der Waals surface area (Å²) in [5, 5.41) is 0.0967. The van der Waals surface area contributed by atoms with Crippen molar-refractivity contribution in [2.24, 2.45) is 23.7 Å². The zero-order chi connectivity index (χ0) is 34.4. The van der Waals surface area contributed by atoms with Gasteiger partial charge in [-0.1, -0.05) is 86.6 Å². The van der Waals surface area contributed by atoms with Gasteiger partial charge in [0.25, 0.3) is 0 Å². The van der Waals surface area contributed by atoms with Crippen LogP contribution >= 0.6 is 0 Å². The number of benzene rings is 1. The number of rotatable bonds is 12. The number of esters is 1. The average molecular weight is 663 g/mol. The van der Waals surface area contributed by atoms with Crippen molar-refractivity contribution < 1.29 is 27.9 Å². The molecule has 0 fully saturated rings. The molecule has 1 heterocycles. The van der Waals surface area contributed by atoms with Crippen LogP contribution in [0.3, 0.4) is 0 Å². The lowest BCUT2D eigenvalue weighted by molar-refractivity contribution is -0.162. The van der Waals surface area contributed by atoms with Gasteiger partial charge in [0, 0.05) is 18.9 Å². The standard InChI is InChI=1S/C37H66O6Si2/c1-26(24-40-25-30-17-20-31(39-11)21-18-30)22-28(3)34-27(2)16-19-32(42-44(12,13)36(5,6)7)23-33(29(4)35(38)41-34)43-45(14,15)37(8,9)10/h16-21,26-29,32-34H,22-25H2,1-15H3/b19-16+/t26-,27+,28+,29+,32-,33+,34+/m1/s1. The second-order valence-corrected chi connectivity index (χ2v) is 26.2. The highest BCUT2D eigenvalue weighted by atomic mass is 28.4. The molecule has 1 aromatic rings. The Morgan fingerprint density at radius 2 is 1.44 bits per heavy atom. The zero-order valence-corrected chi connectivity index (χ0v) is 33.3. The summed E-state index contributed by atoms with van der Waals surface area (Å²) in [6.45, 7) is 32.4. The van der Waals surface area contributed by atoms with Gasteiger partial charge >= 0.3 is 5.97 Å². The third-order valence-corrected chi connectivity index (χ3v) is 19.5. The van der Waals surface area contributed by atoms with Gasteiger partial charge in [0.15, 0.2) is 16.6 Å². The average Bonchev–Trinajstić information content (AvgIpc) is 2.91. The summed E-state index contributed by atoms with van der Waals surface area (Å²) in [5.74, 6) is 0.779. The van der Waals surface area contributed by atoms with Crippen LogP contribution in [0.15, 0.2) is 36.4 Å². The summed E-state index contributed by atoms with van der Waals surface area (Å²) in [6.07, 6.45) is 5.32. The van der Waals surface area contributed by atoms with Gasteiger partial charge in [-0.2, -0.15) is 0 Å². The van der Waals surface area contributed by atoms with Crippen molar-refractivity contribution in [1.29, 1.82) is 0 Å². The van der Waals surface area contributed by atoms with Crippen LogP contribution in [0, 0.1) is 23.7 Å². The summed E-state index contributed by atoms with van der Waals surface area (Å²) in [4.78, 5) is 13.9. The number of hydrogen-bond donors (Lipinski definition) is 0. The molecular formula is C37H66O6Si2. The highest BCUT2D eigenvalue weighted by molar-refractivity contribution is 6.74. The molecule has 0 amide bonds. The molecule has 0 saturated heterocycles. The van der Waals surface area contributed by atoms with Crippen molar-refractivity contribution in [2.45, 2.75) is 143 Å². The van der Waals surface area contributed by atoms with E-state index in [1.54, 1.807) is 7.11 Å². The van der Waals surface area contributed by atoms with Gasteiger partial charge in [0.1, 0.15) is 11.9 Å². The largest absolute Gasteiger partial charge is 0.497 e. The van der Waals surface area contributed by atoms with Crippen LogP contribution in [-0.2, 0) is 29.7 Å². The summed E-state index contributed by atoms with van der Waals surface area (Å²) >= 11 is 0. The minimum absolute atomic E-state index is 0.0225. The van der Waals surface area contributed by atoms with Gasteiger partial charge in [-0.05, 0) is 79.1 Å². The van der Waals surface area contributed by atoms with Crippen LogP contribution < -0.4 is 4.74 Å². The molecule has 2 rings (SSSR count). The van der Waals surface area contributed by atoms with Crippen molar-refractivity contribution in [3.63, 3.8) is 0 Å². The lowest BCUT2D eigenvalue weighted by atomic mass is 9.85. The van der Waals surface area contributed by atoms with Crippen LogP contribution in [0.5, 0.6) is 5.75 Å². The molecule has 7 atom stereocenters. The number of hydrogen-bond acceptors (Lipinski definition) is 6. The molecule has 0 radical (unpaired) electrons. The lowest BCUT2D eigenvalue weighted by Crippen LogP contribution is -2.50. The molecular weight excluding hydrogens is 597 g/mol. The summed E-state index contributed by atoms with van der Waals surface area (Å²) in [7, 11) is -2.58. The molecule has 0 aliphatic carbocycles. The van der Waals surface area contributed by atoms with Crippen LogP contribution in [0.4, 0.5) is 0 Å². The minimum Gasteiger partial charge on any atom is -0.497 e. The van der Waals surface area contributed by atoms with Crippen LogP contribution in [0.25, 0.3) is 0 Å². The van der Waals surface area contributed by atoms with E-state index in [0.717, 1.165) is 17.7 Å². The Morgan fingerprint density at radius 3 is 1.98 bits per heavy atom. The minimum atomic E-state index is -2.17. The molecule has 8 heteroatoms. The van der Waals surface area contributed by atoms with E-state index in [1.165, 1.54) is 0 Å². The maximum Gasteiger partial charge on any atom is 0.311 e. The highest BCUT2D eigenvalue weighted by Crippen LogP contribution is 2.41. The van der Waals surface area contributed by atoms with E-state index in [9.17, 15) is 4.79 Å². The topological polar surface area (TPSA) is 63.2 Å². The molecule has 0 saturated carbocycles. The SMILES string of the molecule is COc1ccc(COC[C@H](C)C[C@H](C)[C@H]2OC(=O)[C@@H](C)[C@@H](O[Si](C)(C)C(C)(C)C)C[C@H](O[Si](C)(C)C(C)(C)C)/C=C/[C@@H]2C)cc1. The first-order valence-electron chi connectivity index (χ1n) is 17.0. The van der Waals surface area contributed by atoms with Crippen LogP contribution in [0.2, 0.25) is 36.3 Å². The Balaban J connectivity index is 2.27. The smallest absolute Gasteiger partial charge is 0.311 e. The van der Waals surface area contributed by atoms with Gasteiger partial charge in [-0.25, -0.2) is 0 Å². The maximum absolute atomic E-state index is 13.9. The Hall–Kier alpha value is -1.46. The number of methoxy groups -OCH3 is 1. The first-order valence-corrected chi connectivity index (χ1v) is 22.8. The van der Waals surface area contributed by atoms with Gasteiger partial charge in [0.05, 0.1) is 31.8 Å². The molecule has 1 aromatic carbocycles. The predicted molar refractivity (Wildman–Crippen MR) is 192 cm³/mol. The fourth-order valence-electron chi connectivity index (χ4n) is 5.34. The van der Waals surface area contributed by atoms with Crippen molar-refractivity contribution in [1.82, 2.24) is 0 Å². The van der Waals surface area contributed by atoms with Crippen LogP contribution in [-0.4, -0.2) is 54.6 Å². The molecule has 0 spiro atoms. The monoisotopic (exact) mass is 662 g/mol. The fourth-order valence-corrected chi connectivity index (χ4v) is 8.04. The normalized spacial score (nSPS) is 26.1. The zero-order valence-electron chi connectivity index (χ0n) is 31.3. The van der Waals surface area contributed by atoms with Gasteiger partial charge in [-0.3, -0.25) is 4.79 Å². The van der Waals surface area contributed by atoms with E-state index in [1.807, 2.05) is 31.2 Å². The molecule has 1 aliphatic heterocycles. The van der Waals surface area contributed by atoms with Gasteiger partial charge < -0.3 is 23.1 Å². The fraction of sp³-hybridized carbons (Fsp3) is 0.757. The number of cyclic esters (lactones) is 1. The van der Waals surface area contributed by atoms with E-state index in [2.05, 4.69) is 101 Å². The Kier molecular flexibility index (Phi) is 14.2. The summed E-state index contributed by atoms with van der Waals surface area (Å²) < 4.78 is 31.7. The Bertz CT molecular complexity index is 1090. The molecule has 1 aliphatic rings. The molecule has 258 valence electrons. The molecule has 0 bridgehead atoms. The van der Waals surface area contributed by atoms with E-state index >= 15 is 0 Å². The van der Waals surface area contributed by atoms with Crippen molar-refractivity contribution in [3.05, 3.63) is 42.0 Å². The first kappa shape index (κ1) is 39.7. The lowest BCUT2D eigenvalue weighted by Gasteiger charge is -2.43. The molecule has 0 unspecified atom stereocenters. The molecule has 0 N–H and O–H groups in total. The van der Waals surface area contributed by atoms with E-state index < -0.39 is 22.6 Å². The molecule has 6 nitrogen and oxygen atoms in total. The number of carbonyl (C=O) groups excluding carboxylic acids is 1. The van der Waals surface area contributed by atoms with Crippen molar-refractivity contribution >= 4 is 22.6 Å².